The molecule has 1 heterocycles. The van der Waals surface area contributed by atoms with Crippen LogP contribution < -0.4 is 5.32 Å². The molecule has 0 radical (unpaired) electrons. The molecule has 19 heavy (non-hydrogen) atoms. The van der Waals surface area contributed by atoms with Gasteiger partial charge in [-0.25, -0.2) is 4.39 Å². The minimum absolute atomic E-state index is 0.210. The number of halogens is 2. The maximum absolute atomic E-state index is 13.7. The van der Waals surface area contributed by atoms with Crippen molar-refractivity contribution in [3.63, 3.8) is 0 Å². The summed E-state index contributed by atoms with van der Waals surface area (Å²) in [6.45, 7) is 2.65. The molecular formula is C15H17ClFNS. The second kappa shape index (κ2) is 7.04. The van der Waals surface area contributed by atoms with E-state index < -0.39 is 0 Å². The fourth-order valence-corrected chi connectivity index (χ4v) is 3.07. The highest BCUT2D eigenvalue weighted by molar-refractivity contribution is 7.10. The molecule has 0 aliphatic carbocycles. The van der Waals surface area contributed by atoms with Gasteiger partial charge in [0.1, 0.15) is 5.82 Å². The molecule has 1 N–H and O–H groups in total. The van der Waals surface area contributed by atoms with E-state index in [0.717, 1.165) is 12.8 Å². The van der Waals surface area contributed by atoms with Crippen molar-refractivity contribution in [3.05, 3.63) is 57.0 Å². The fraction of sp³-hybridized carbons (Fsp3) is 0.333. The molecule has 2 rings (SSSR count). The van der Waals surface area contributed by atoms with E-state index in [1.165, 1.54) is 10.9 Å². The molecular weight excluding hydrogens is 281 g/mol. The molecule has 1 aromatic heterocycles. The van der Waals surface area contributed by atoms with E-state index in [2.05, 4.69) is 23.7 Å². The zero-order chi connectivity index (χ0) is 13.7. The minimum Gasteiger partial charge on any atom is -0.305 e. The van der Waals surface area contributed by atoms with Crippen LogP contribution in [0.25, 0.3) is 0 Å². The van der Waals surface area contributed by atoms with Crippen molar-refractivity contribution in [1.29, 1.82) is 0 Å². The van der Waals surface area contributed by atoms with Crippen molar-refractivity contribution in [2.45, 2.75) is 32.4 Å². The van der Waals surface area contributed by atoms with Crippen LogP contribution in [0.1, 0.15) is 36.2 Å². The van der Waals surface area contributed by atoms with Crippen LogP contribution in [0.2, 0.25) is 5.02 Å². The number of hydrogen-bond acceptors (Lipinski definition) is 2. The van der Waals surface area contributed by atoms with Crippen LogP contribution in [0.4, 0.5) is 4.39 Å². The topological polar surface area (TPSA) is 12.0 Å². The van der Waals surface area contributed by atoms with E-state index in [9.17, 15) is 4.39 Å². The Morgan fingerprint density at radius 2 is 2.21 bits per heavy atom. The number of benzene rings is 1. The highest BCUT2D eigenvalue weighted by atomic mass is 35.5. The van der Waals surface area contributed by atoms with Gasteiger partial charge in [-0.1, -0.05) is 31.0 Å². The molecule has 4 heteroatoms. The van der Waals surface area contributed by atoms with Crippen LogP contribution in [0.15, 0.2) is 35.7 Å². The summed E-state index contributed by atoms with van der Waals surface area (Å²) in [4.78, 5) is 1.30. The van der Waals surface area contributed by atoms with Gasteiger partial charge in [0.2, 0.25) is 0 Å². The normalized spacial score (nSPS) is 12.6. The first kappa shape index (κ1) is 14.5. The van der Waals surface area contributed by atoms with E-state index in [1.54, 1.807) is 23.5 Å². The van der Waals surface area contributed by atoms with Crippen molar-refractivity contribution < 1.29 is 4.39 Å². The lowest BCUT2D eigenvalue weighted by Crippen LogP contribution is -2.20. The highest BCUT2D eigenvalue weighted by Gasteiger charge is 2.12. The Balaban J connectivity index is 2.04. The predicted octanol–water partition coefficient (Wildman–Crippen LogP) is 5.17. The first-order chi connectivity index (χ1) is 9.20. The van der Waals surface area contributed by atoms with E-state index in [1.807, 2.05) is 6.07 Å². The number of nitrogens with one attached hydrogen (secondary N) is 1. The van der Waals surface area contributed by atoms with Gasteiger partial charge in [0.15, 0.2) is 0 Å². The Hall–Kier alpha value is -0.900. The number of rotatable bonds is 6. The Kier molecular flexibility index (Phi) is 5.37. The van der Waals surface area contributed by atoms with E-state index in [-0.39, 0.29) is 11.9 Å². The summed E-state index contributed by atoms with van der Waals surface area (Å²) >= 11 is 7.63. The molecule has 0 saturated carbocycles. The molecule has 0 bridgehead atoms. The predicted molar refractivity (Wildman–Crippen MR) is 80.2 cm³/mol. The third kappa shape index (κ3) is 4.03. The molecule has 0 saturated heterocycles. The molecule has 2 aromatic rings. The number of thiophene rings is 1. The van der Waals surface area contributed by atoms with E-state index >= 15 is 0 Å². The van der Waals surface area contributed by atoms with Gasteiger partial charge < -0.3 is 5.32 Å². The average Bonchev–Trinajstić information content (AvgIpc) is 2.92. The minimum atomic E-state index is -0.210. The van der Waals surface area contributed by atoms with E-state index in [4.69, 9.17) is 11.6 Å². The van der Waals surface area contributed by atoms with Crippen LogP contribution >= 0.6 is 22.9 Å². The molecule has 0 aliphatic rings. The van der Waals surface area contributed by atoms with Gasteiger partial charge >= 0.3 is 0 Å². The summed E-state index contributed by atoms with van der Waals surface area (Å²) < 4.78 is 13.7. The van der Waals surface area contributed by atoms with Crippen molar-refractivity contribution in [2.75, 3.05) is 0 Å². The Morgan fingerprint density at radius 1 is 1.37 bits per heavy atom. The monoisotopic (exact) mass is 297 g/mol. The van der Waals surface area contributed by atoms with Crippen molar-refractivity contribution in [3.8, 4) is 0 Å². The molecule has 0 aliphatic heterocycles. The van der Waals surface area contributed by atoms with Gasteiger partial charge in [0.05, 0.1) is 0 Å². The third-order valence-electron chi connectivity index (χ3n) is 3.01. The maximum Gasteiger partial charge on any atom is 0.127 e. The van der Waals surface area contributed by atoms with Crippen molar-refractivity contribution in [1.82, 2.24) is 5.32 Å². The summed E-state index contributed by atoms with van der Waals surface area (Å²) in [5.41, 5.74) is 0.616. The van der Waals surface area contributed by atoms with Gasteiger partial charge in [-0.05, 0) is 36.1 Å². The Morgan fingerprint density at radius 3 is 2.89 bits per heavy atom. The maximum atomic E-state index is 13.7. The van der Waals surface area contributed by atoms with Crippen LogP contribution in [-0.2, 0) is 6.54 Å². The molecule has 102 valence electrons. The summed E-state index contributed by atoms with van der Waals surface area (Å²) in [7, 11) is 0. The Bertz CT molecular complexity index is 513. The van der Waals surface area contributed by atoms with Crippen molar-refractivity contribution in [2.24, 2.45) is 0 Å². The molecule has 0 spiro atoms. The molecule has 1 aromatic carbocycles. The van der Waals surface area contributed by atoms with Gasteiger partial charge in [0.25, 0.3) is 0 Å². The van der Waals surface area contributed by atoms with Crippen LogP contribution in [0.3, 0.4) is 0 Å². The summed E-state index contributed by atoms with van der Waals surface area (Å²) in [5, 5.41) is 6.06. The lowest BCUT2D eigenvalue weighted by Gasteiger charge is -2.17. The van der Waals surface area contributed by atoms with Gasteiger partial charge in [-0.15, -0.1) is 11.3 Å². The largest absolute Gasteiger partial charge is 0.305 e. The van der Waals surface area contributed by atoms with E-state index in [0.29, 0.717) is 17.1 Å². The molecule has 1 unspecified atom stereocenters. The van der Waals surface area contributed by atoms with Crippen LogP contribution in [0.5, 0.6) is 0 Å². The molecule has 1 atom stereocenters. The SMILES string of the molecule is CCCC(NCc1cc(Cl)ccc1F)c1cccs1. The zero-order valence-electron chi connectivity index (χ0n) is 10.8. The standard InChI is InChI=1S/C15H17ClFNS/c1-2-4-14(15-5-3-8-19-15)18-10-11-9-12(16)6-7-13(11)17/h3,5-9,14,18H,2,4,10H2,1H3. The highest BCUT2D eigenvalue weighted by Crippen LogP contribution is 2.24. The zero-order valence-corrected chi connectivity index (χ0v) is 12.4. The van der Waals surface area contributed by atoms with Crippen molar-refractivity contribution >= 4 is 22.9 Å². The summed E-state index contributed by atoms with van der Waals surface area (Å²) in [5.74, 6) is -0.210. The fourth-order valence-electron chi connectivity index (χ4n) is 2.04. The number of hydrogen-bond donors (Lipinski definition) is 1. The van der Waals surface area contributed by atoms with Crippen LogP contribution in [0, 0.1) is 5.82 Å². The quantitative estimate of drug-likeness (QED) is 0.775. The van der Waals surface area contributed by atoms with Gasteiger partial charge in [0, 0.05) is 28.0 Å². The third-order valence-corrected chi connectivity index (χ3v) is 4.23. The first-order valence-electron chi connectivity index (χ1n) is 6.41. The van der Waals surface area contributed by atoms with Gasteiger partial charge in [-0.3, -0.25) is 0 Å². The molecule has 1 nitrogen and oxygen atoms in total. The smallest absolute Gasteiger partial charge is 0.127 e. The van der Waals surface area contributed by atoms with Crippen LogP contribution in [-0.4, -0.2) is 0 Å². The molecule has 0 amide bonds. The lowest BCUT2D eigenvalue weighted by atomic mass is 10.1. The first-order valence-corrected chi connectivity index (χ1v) is 7.67. The lowest BCUT2D eigenvalue weighted by molar-refractivity contribution is 0.489. The summed E-state index contributed by atoms with van der Waals surface area (Å²) in [6.07, 6.45) is 2.14. The molecule has 0 fully saturated rings. The Labute approximate surface area is 122 Å². The second-order valence-corrected chi connectivity index (χ2v) is 5.89. The average molecular weight is 298 g/mol. The van der Waals surface area contributed by atoms with Gasteiger partial charge in [-0.2, -0.15) is 0 Å². The summed E-state index contributed by atoms with van der Waals surface area (Å²) in [6, 6.07) is 9.11. The second-order valence-electron chi connectivity index (χ2n) is 4.47.